The molecule has 0 amide bonds. The Balaban J connectivity index is 1.58. The van der Waals surface area contributed by atoms with Crippen LogP contribution in [-0.4, -0.2) is 12.6 Å². The van der Waals surface area contributed by atoms with Crippen LogP contribution in [0.5, 0.6) is 0 Å². The molecule has 0 bridgehead atoms. The number of rotatable bonds is 5. The van der Waals surface area contributed by atoms with Gasteiger partial charge in [-0.15, -0.1) is 11.3 Å². The lowest BCUT2D eigenvalue weighted by Gasteiger charge is -2.32. The van der Waals surface area contributed by atoms with Gasteiger partial charge in [0.2, 0.25) is 0 Å². The van der Waals surface area contributed by atoms with E-state index in [1.165, 1.54) is 36.1 Å². The predicted octanol–water partition coefficient (Wildman–Crippen LogP) is 4.61. The maximum atomic E-state index is 3.82. The fourth-order valence-electron chi connectivity index (χ4n) is 3.31. The topological polar surface area (TPSA) is 12.0 Å². The summed E-state index contributed by atoms with van der Waals surface area (Å²) in [6, 6.07) is 16.1. The lowest BCUT2D eigenvalue weighted by Crippen LogP contribution is -2.38. The monoisotopic (exact) mass is 285 g/mol. The molecule has 0 saturated heterocycles. The van der Waals surface area contributed by atoms with E-state index in [9.17, 15) is 0 Å². The van der Waals surface area contributed by atoms with E-state index in [2.05, 4.69) is 53.2 Å². The molecule has 0 spiro atoms. The van der Waals surface area contributed by atoms with Crippen molar-refractivity contribution in [3.05, 3.63) is 58.3 Å². The first kappa shape index (κ1) is 13.8. The van der Waals surface area contributed by atoms with Gasteiger partial charge in [0.25, 0.3) is 0 Å². The first-order valence-corrected chi connectivity index (χ1v) is 8.62. The van der Waals surface area contributed by atoms with Crippen molar-refractivity contribution in [3.63, 3.8) is 0 Å². The van der Waals surface area contributed by atoms with Crippen molar-refractivity contribution in [2.45, 2.75) is 44.1 Å². The highest BCUT2D eigenvalue weighted by atomic mass is 32.1. The average molecular weight is 285 g/mol. The molecule has 0 aliphatic heterocycles. The van der Waals surface area contributed by atoms with Crippen LogP contribution < -0.4 is 5.32 Å². The second-order valence-electron chi connectivity index (χ2n) is 5.69. The second-order valence-corrected chi connectivity index (χ2v) is 6.72. The first-order chi connectivity index (χ1) is 9.93. The zero-order valence-corrected chi connectivity index (χ0v) is 12.7. The van der Waals surface area contributed by atoms with Crippen molar-refractivity contribution in [2.24, 2.45) is 0 Å². The Kier molecular flexibility index (Phi) is 4.88. The smallest absolute Gasteiger partial charge is 0.0136 e. The Morgan fingerprint density at radius 2 is 1.85 bits per heavy atom. The molecule has 0 radical (unpaired) electrons. The Bertz CT molecular complexity index is 491. The van der Waals surface area contributed by atoms with Crippen molar-refractivity contribution in [1.82, 2.24) is 5.32 Å². The molecule has 1 aromatic carbocycles. The summed E-state index contributed by atoms with van der Waals surface area (Å²) >= 11 is 1.87. The summed E-state index contributed by atoms with van der Waals surface area (Å²) in [6.07, 6.45) is 6.57. The highest BCUT2D eigenvalue weighted by Gasteiger charge is 2.25. The maximum absolute atomic E-state index is 3.82. The summed E-state index contributed by atoms with van der Waals surface area (Å²) in [4.78, 5) is 1.49. The number of benzene rings is 1. The van der Waals surface area contributed by atoms with E-state index < -0.39 is 0 Å². The largest absolute Gasteiger partial charge is 0.313 e. The van der Waals surface area contributed by atoms with Crippen LogP contribution >= 0.6 is 11.3 Å². The number of nitrogens with one attached hydrogen (secondary N) is 1. The van der Waals surface area contributed by atoms with E-state index in [-0.39, 0.29) is 0 Å². The van der Waals surface area contributed by atoms with Crippen molar-refractivity contribution in [1.29, 1.82) is 0 Å². The van der Waals surface area contributed by atoms with Crippen molar-refractivity contribution < 1.29 is 0 Å². The van der Waals surface area contributed by atoms with Crippen molar-refractivity contribution in [2.75, 3.05) is 6.54 Å². The van der Waals surface area contributed by atoms with E-state index >= 15 is 0 Å². The summed E-state index contributed by atoms with van der Waals surface area (Å²) in [5.74, 6) is 0.702. The molecule has 2 aromatic rings. The minimum Gasteiger partial charge on any atom is -0.313 e. The molecule has 1 aliphatic carbocycles. The minimum atomic E-state index is 0.658. The number of hydrogen-bond donors (Lipinski definition) is 1. The van der Waals surface area contributed by atoms with Gasteiger partial charge in [0.15, 0.2) is 0 Å². The van der Waals surface area contributed by atoms with Gasteiger partial charge in [0.05, 0.1) is 0 Å². The standard InChI is InChI=1S/C18H23NS/c1-2-7-15(8-3-1)17-10-4-5-11-18(17)19-13-12-16-9-6-14-20-16/h1-3,6-9,14,17-19H,4-5,10-13H2. The third kappa shape index (κ3) is 3.50. The van der Waals surface area contributed by atoms with E-state index in [1.54, 1.807) is 0 Å². The Morgan fingerprint density at radius 1 is 1.00 bits per heavy atom. The van der Waals surface area contributed by atoms with Crippen LogP contribution in [0.4, 0.5) is 0 Å². The molecular formula is C18H23NS. The van der Waals surface area contributed by atoms with Gasteiger partial charge in [0.1, 0.15) is 0 Å². The van der Waals surface area contributed by atoms with Crippen LogP contribution in [0.15, 0.2) is 47.8 Å². The predicted molar refractivity (Wildman–Crippen MR) is 87.5 cm³/mol. The Hall–Kier alpha value is -1.12. The minimum absolute atomic E-state index is 0.658. The summed E-state index contributed by atoms with van der Waals surface area (Å²) in [5.41, 5.74) is 1.51. The molecule has 1 N–H and O–H groups in total. The van der Waals surface area contributed by atoms with E-state index in [4.69, 9.17) is 0 Å². The zero-order chi connectivity index (χ0) is 13.6. The molecule has 2 heteroatoms. The van der Waals surface area contributed by atoms with Gasteiger partial charge in [-0.1, -0.05) is 49.2 Å². The quantitative estimate of drug-likeness (QED) is 0.846. The molecule has 3 rings (SSSR count). The lowest BCUT2D eigenvalue weighted by atomic mass is 9.80. The molecule has 1 fully saturated rings. The SMILES string of the molecule is c1ccc(C2CCCCC2NCCc2cccs2)cc1. The summed E-state index contributed by atoms with van der Waals surface area (Å²) < 4.78 is 0. The average Bonchev–Trinajstić information content (AvgIpc) is 3.02. The molecule has 1 aromatic heterocycles. The fourth-order valence-corrected chi connectivity index (χ4v) is 4.02. The third-order valence-electron chi connectivity index (χ3n) is 4.35. The third-order valence-corrected chi connectivity index (χ3v) is 5.29. The lowest BCUT2D eigenvalue weighted by molar-refractivity contribution is 0.329. The summed E-state index contributed by atoms with van der Waals surface area (Å²) in [7, 11) is 0. The van der Waals surface area contributed by atoms with Gasteiger partial charge >= 0.3 is 0 Å². The van der Waals surface area contributed by atoms with Crippen molar-refractivity contribution in [3.8, 4) is 0 Å². The van der Waals surface area contributed by atoms with Gasteiger partial charge in [-0.05, 0) is 42.2 Å². The highest BCUT2D eigenvalue weighted by Crippen LogP contribution is 2.32. The molecule has 1 aliphatic rings. The van der Waals surface area contributed by atoms with Crippen LogP contribution in [0.25, 0.3) is 0 Å². The molecule has 1 heterocycles. The normalized spacial score (nSPS) is 22.8. The molecular weight excluding hydrogens is 262 g/mol. The summed E-state index contributed by atoms with van der Waals surface area (Å²) in [6.45, 7) is 1.11. The Labute approximate surface area is 126 Å². The van der Waals surface area contributed by atoms with Crippen LogP contribution in [0, 0.1) is 0 Å². The number of thiophene rings is 1. The van der Waals surface area contributed by atoms with Crippen LogP contribution in [0.2, 0.25) is 0 Å². The van der Waals surface area contributed by atoms with Gasteiger partial charge in [0, 0.05) is 17.5 Å². The van der Waals surface area contributed by atoms with E-state index in [0.717, 1.165) is 13.0 Å². The van der Waals surface area contributed by atoms with Gasteiger partial charge in [-0.2, -0.15) is 0 Å². The van der Waals surface area contributed by atoms with Gasteiger partial charge < -0.3 is 5.32 Å². The fraction of sp³-hybridized carbons (Fsp3) is 0.444. The van der Waals surface area contributed by atoms with Crippen LogP contribution in [0.3, 0.4) is 0 Å². The van der Waals surface area contributed by atoms with Gasteiger partial charge in [-0.3, -0.25) is 0 Å². The highest BCUT2D eigenvalue weighted by molar-refractivity contribution is 7.09. The second kappa shape index (κ2) is 7.05. The molecule has 2 unspecified atom stereocenters. The molecule has 1 nitrogen and oxygen atoms in total. The van der Waals surface area contributed by atoms with Gasteiger partial charge in [-0.25, -0.2) is 0 Å². The molecule has 2 atom stereocenters. The van der Waals surface area contributed by atoms with Crippen LogP contribution in [0.1, 0.15) is 42.0 Å². The zero-order valence-electron chi connectivity index (χ0n) is 11.9. The Morgan fingerprint density at radius 3 is 2.65 bits per heavy atom. The van der Waals surface area contributed by atoms with E-state index in [1.807, 2.05) is 11.3 Å². The maximum Gasteiger partial charge on any atom is 0.0136 e. The number of hydrogen-bond acceptors (Lipinski definition) is 2. The molecule has 106 valence electrons. The van der Waals surface area contributed by atoms with E-state index in [0.29, 0.717) is 12.0 Å². The van der Waals surface area contributed by atoms with Crippen molar-refractivity contribution >= 4 is 11.3 Å². The first-order valence-electron chi connectivity index (χ1n) is 7.74. The molecule has 20 heavy (non-hydrogen) atoms. The molecule has 1 saturated carbocycles. The summed E-state index contributed by atoms with van der Waals surface area (Å²) in [5, 5.41) is 5.98. The van der Waals surface area contributed by atoms with Crippen LogP contribution in [-0.2, 0) is 6.42 Å².